The van der Waals surface area contributed by atoms with Crippen molar-refractivity contribution in [3.8, 4) is 17.0 Å². The standard InChI is InChI=1S/C12H11NO2S/c1-15-8-3-4-9-7(6-8)2-5-10-11(9)13-12(14)16-10/h3-4,6H,2,5H2,1H3,(H,13,14). The zero-order valence-electron chi connectivity index (χ0n) is 8.87. The van der Waals surface area contributed by atoms with Crippen molar-refractivity contribution >= 4 is 11.3 Å². The highest BCUT2D eigenvalue weighted by Crippen LogP contribution is 2.34. The summed E-state index contributed by atoms with van der Waals surface area (Å²) in [5, 5.41) is 0. The third-order valence-electron chi connectivity index (χ3n) is 2.92. The molecule has 3 nitrogen and oxygen atoms in total. The summed E-state index contributed by atoms with van der Waals surface area (Å²) in [5.74, 6) is 0.875. The van der Waals surface area contributed by atoms with Crippen LogP contribution in [-0.2, 0) is 12.8 Å². The number of nitrogens with one attached hydrogen (secondary N) is 1. The first-order valence-electron chi connectivity index (χ1n) is 5.17. The lowest BCUT2D eigenvalue weighted by atomic mass is 9.93. The molecule has 16 heavy (non-hydrogen) atoms. The molecule has 2 aromatic rings. The van der Waals surface area contributed by atoms with Gasteiger partial charge in [-0.3, -0.25) is 4.79 Å². The number of aromatic amines is 1. The van der Waals surface area contributed by atoms with Crippen molar-refractivity contribution < 1.29 is 4.74 Å². The van der Waals surface area contributed by atoms with Crippen molar-refractivity contribution in [2.45, 2.75) is 12.8 Å². The van der Waals surface area contributed by atoms with E-state index in [-0.39, 0.29) is 4.87 Å². The minimum atomic E-state index is 0.0358. The summed E-state index contributed by atoms with van der Waals surface area (Å²) in [5.41, 5.74) is 3.39. The molecule has 4 heteroatoms. The molecule has 0 bridgehead atoms. The number of aryl methyl sites for hydroxylation is 2. The highest BCUT2D eigenvalue weighted by molar-refractivity contribution is 7.09. The molecule has 0 aliphatic heterocycles. The number of thiazole rings is 1. The average molecular weight is 233 g/mol. The number of benzene rings is 1. The number of aromatic nitrogens is 1. The van der Waals surface area contributed by atoms with Crippen LogP contribution in [0, 0.1) is 0 Å². The first kappa shape index (κ1) is 9.66. The summed E-state index contributed by atoms with van der Waals surface area (Å²) in [4.78, 5) is 15.4. The summed E-state index contributed by atoms with van der Waals surface area (Å²) in [6.45, 7) is 0. The van der Waals surface area contributed by atoms with E-state index in [1.807, 2.05) is 18.2 Å². The lowest BCUT2D eigenvalue weighted by Crippen LogP contribution is -2.02. The van der Waals surface area contributed by atoms with Crippen LogP contribution in [0.25, 0.3) is 11.3 Å². The monoisotopic (exact) mass is 233 g/mol. The highest BCUT2D eigenvalue weighted by Gasteiger charge is 2.19. The van der Waals surface area contributed by atoms with Gasteiger partial charge in [-0.05, 0) is 36.6 Å². The second kappa shape index (κ2) is 3.49. The fourth-order valence-electron chi connectivity index (χ4n) is 2.15. The van der Waals surface area contributed by atoms with Crippen molar-refractivity contribution in [2.24, 2.45) is 0 Å². The van der Waals surface area contributed by atoms with Crippen LogP contribution in [-0.4, -0.2) is 12.1 Å². The van der Waals surface area contributed by atoms with Crippen molar-refractivity contribution in [3.63, 3.8) is 0 Å². The van der Waals surface area contributed by atoms with Gasteiger partial charge in [-0.1, -0.05) is 11.3 Å². The highest BCUT2D eigenvalue weighted by atomic mass is 32.1. The smallest absolute Gasteiger partial charge is 0.305 e. The average Bonchev–Trinajstić information content (AvgIpc) is 2.69. The Morgan fingerprint density at radius 3 is 3.06 bits per heavy atom. The molecular weight excluding hydrogens is 222 g/mol. The van der Waals surface area contributed by atoms with Crippen LogP contribution in [0.1, 0.15) is 10.4 Å². The quantitative estimate of drug-likeness (QED) is 0.820. The second-order valence-corrected chi connectivity index (χ2v) is 4.90. The molecule has 0 unspecified atom stereocenters. The topological polar surface area (TPSA) is 42.1 Å². The Kier molecular flexibility index (Phi) is 2.11. The summed E-state index contributed by atoms with van der Waals surface area (Å²) in [6.07, 6.45) is 1.92. The Bertz CT molecular complexity index is 597. The molecule has 0 saturated heterocycles. The number of rotatable bonds is 1. The number of methoxy groups -OCH3 is 1. The molecule has 1 aliphatic carbocycles. The van der Waals surface area contributed by atoms with E-state index in [4.69, 9.17) is 4.74 Å². The van der Waals surface area contributed by atoms with E-state index >= 15 is 0 Å². The van der Waals surface area contributed by atoms with E-state index in [0.29, 0.717) is 0 Å². The van der Waals surface area contributed by atoms with Crippen molar-refractivity contribution in [1.29, 1.82) is 0 Å². The predicted molar refractivity (Wildman–Crippen MR) is 64.3 cm³/mol. The SMILES string of the molecule is COc1ccc2c(c1)CCc1sc(=O)[nH]c1-2. The molecule has 1 N–H and O–H groups in total. The molecule has 1 aliphatic rings. The molecule has 3 rings (SSSR count). The number of H-pyrrole nitrogens is 1. The van der Waals surface area contributed by atoms with Gasteiger partial charge in [0.1, 0.15) is 5.75 Å². The zero-order chi connectivity index (χ0) is 11.1. The normalized spacial score (nSPS) is 13.1. The van der Waals surface area contributed by atoms with Gasteiger partial charge >= 0.3 is 4.87 Å². The number of hydrogen-bond donors (Lipinski definition) is 1. The van der Waals surface area contributed by atoms with E-state index < -0.39 is 0 Å². The van der Waals surface area contributed by atoms with Gasteiger partial charge in [0.25, 0.3) is 0 Å². The van der Waals surface area contributed by atoms with Crippen LogP contribution in [0.5, 0.6) is 5.75 Å². The molecule has 1 aromatic heterocycles. The molecule has 1 heterocycles. The van der Waals surface area contributed by atoms with Gasteiger partial charge in [0.05, 0.1) is 12.8 Å². The van der Waals surface area contributed by atoms with Crippen molar-refractivity contribution in [3.05, 3.63) is 38.3 Å². The number of fused-ring (bicyclic) bond motifs is 3. The van der Waals surface area contributed by atoms with Gasteiger partial charge in [0, 0.05) is 10.4 Å². The number of ether oxygens (including phenoxy) is 1. The molecule has 0 atom stereocenters. The lowest BCUT2D eigenvalue weighted by Gasteiger charge is -2.16. The van der Waals surface area contributed by atoms with Gasteiger partial charge in [0.2, 0.25) is 0 Å². The molecule has 0 spiro atoms. The van der Waals surface area contributed by atoms with Gasteiger partial charge in [-0.15, -0.1) is 0 Å². The van der Waals surface area contributed by atoms with Crippen LogP contribution >= 0.6 is 11.3 Å². The van der Waals surface area contributed by atoms with E-state index in [1.54, 1.807) is 7.11 Å². The number of hydrogen-bond acceptors (Lipinski definition) is 3. The first-order valence-corrected chi connectivity index (χ1v) is 5.99. The Hall–Kier alpha value is -1.55. The molecule has 0 amide bonds. The van der Waals surface area contributed by atoms with Gasteiger partial charge in [0.15, 0.2) is 0 Å². The predicted octanol–water partition coefficient (Wildman–Crippen LogP) is 2.21. The Labute approximate surface area is 96.7 Å². The maximum Gasteiger partial charge on any atom is 0.305 e. The van der Waals surface area contributed by atoms with Crippen LogP contribution < -0.4 is 9.61 Å². The first-order chi connectivity index (χ1) is 7.78. The molecule has 0 fully saturated rings. The van der Waals surface area contributed by atoms with Gasteiger partial charge in [-0.2, -0.15) is 0 Å². The summed E-state index contributed by atoms with van der Waals surface area (Å²) >= 11 is 1.32. The van der Waals surface area contributed by atoms with Crippen LogP contribution in [0.2, 0.25) is 0 Å². The summed E-state index contributed by atoms with van der Waals surface area (Å²) in [6, 6.07) is 6.01. The van der Waals surface area contributed by atoms with E-state index in [1.165, 1.54) is 21.8 Å². The fourth-order valence-corrected chi connectivity index (χ4v) is 2.99. The molecule has 0 saturated carbocycles. The second-order valence-electron chi connectivity index (χ2n) is 3.84. The van der Waals surface area contributed by atoms with Crippen molar-refractivity contribution in [2.75, 3.05) is 7.11 Å². The summed E-state index contributed by atoms with van der Waals surface area (Å²) < 4.78 is 5.20. The maximum atomic E-state index is 11.3. The Morgan fingerprint density at radius 2 is 2.25 bits per heavy atom. The van der Waals surface area contributed by atoms with Crippen LogP contribution in [0.15, 0.2) is 23.0 Å². The van der Waals surface area contributed by atoms with Gasteiger partial charge in [-0.25, -0.2) is 0 Å². The third-order valence-corrected chi connectivity index (χ3v) is 3.87. The zero-order valence-corrected chi connectivity index (χ0v) is 9.69. The van der Waals surface area contributed by atoms with E-state index in [0.717, 1.165) is 29.8 Å². The molecular formula is C12H11NO2S. The Balaban J connectivity index is 2.21. The molecule has 82 valence electrons. The minimum absolute atomic E-state index is 0.0358. The fraction of sp³-hybridized carbons (Fsp3) is 0.250. The Morgan fingerprint density at radius 1 is 1.38 bits per heavy atom. The lowest BCUT2D eigenvalue weighted by molar-refractivity contribution is 0.414. The molecule has 1 aromatic carbocycles. The van der Waals surface area contributed by atoms with Crippen LogP contribution in [0.3, 0.4) is 0 Å². The van der Waals surface area contributed by atoms with Gasteiger partial charge < -0.3 is 9.72 Å². The van der Waals surface area contributed by atoms with E-state index in [2.05, 4.69) is 4.98 Å². The summed E-state index contributed by atoms with van der Waals surface area (Å²) in [7, 11) is 1.67. The largest absolute Gasteiger partial charge is 0.497 e. The van der Waals surface area contributed by atoms with Crippen molar-refractivity contribution in [1.82, 2.24) is 4.98 Å². The molecule has 0 radical (unpaired) electrons. The van der Waals surface area contributed by atoms with Crippen LogP contribution in [0.4, 0.5) is 0 Å². The van der Waals surface area contributed by atoms with E-state index in [9.17, 15) is 4.79 Å². The third kappa shape index (κ3) is 1.38. The minimum Gasteiger partial charge on any atom is -0.497 e. The maximum absolute atomic E-state index is 11.3.